The first-order valence-corrected chi connectivity index (χ1v) is 6.42. The third kappa shape index (κ3) is 2.75. The molecule has 0 unspecified atom stereocenters. The summed E-state index contributed by atoms with van der Waals surface area (Å²) in [4.78, 5) is 12.9. The van der Waals surface area contributed by atoms with E-state index in [1.54, 1.807) is 0 Å². The van der Waals surface area contributed by atoms with Gasteiger partial charge in [0, 0.05) is 33.1 Å². The molecular formula is C12H20N4O2. The second-order valence-electron chi connectivity index (χ2n) is 4.55. The Bertz CT molecular complexity index is 410. The molecule has 1 aliphatic rings. The van der Waals surface area contributed by atoms with Crippen LogP contribution in [0.4, 0.5) is 11.5 Å². The van der Waals surface area contributed by atoms with Crippen LogP contribution in [0.2, 0.25) is 0 Å². The number of hydrogen-bond acceptors (Lipinski definition) is 4. The molecule has 6 heteroatoms. The molecule has 1 saturated heterocycles. The predicted octanol–water partition coefficient (Wildman–Crippen LogP) is 1.39. The van der Waals surface area contributed by atoms with Gasteiger partial charge in [0.2, 0.25) is 0 Å². The topological polar surface area (TPSA) is 70.4 Å². The number of anilines is 2. The van der Waals surface area contributed by atoms with Crippen LogP contribution in [0.25, 0.3) is 0 Å². The molecule has 1 aromatic heterocycles. The number of carboxylic acid groups (broad SMARTS) is 1. The first kappa shape index (κ1) is 12.7. The minimum Gasteiger partial charge on any atom is -0.481 e. The Morgan fingerprint density at radius 1 is 1.50 bits per heavy atom. The lowest BCUT2D eigenvalue weighted by Crippen LogP contribution is -2.23. The summed E-state index contributed by atoms with van der Waals surface area (Å²) < 4.78 is 1.92. The lowest BCUT2D eigenvalue weighted by atomic mass is 10.3. The Balaban J connectivity index is 2.08. The zero-order chi connectivity index (χ0) is 13.0. The summed E-state index contributed by atoms with van der Waals surface area (Å²) >= 11 is 0. The van der Waals surface area contributed by atoms with Crippen molar-refractivity contribution in [3.05, 3.63) is 6.20 Å². The average molecular weight is 252 g/mol. The quantitative estimate of drug-likeness (QED) is 0.800. The molecule has 100 valence electrons. The van der Waals surface area contributed by atoms with Gasteiger partial charge in [-0.15, -0.1) is 0 Å². The van der Waals surface area contributed by atoms with E-state index in [0.717, 1.165) is 24.6 Å². The molecule has 0 saturated carbocycles. The third-order valence-electron chi connectivity index (χ3n) is 3.25. The molecule has 0 atom stereocenters. The number of rotatable bonds is 6. The summed E-state index contributed by atoms with van der Waals surface area (Å²) in [5.74, 6) is 0.346. The standard InChI is InChI=1S/C12H20N4O2/c1-13-10-9-14-16(8-4-5-11(17)18)12(10)15-6-2-3-7-15/h9,13H,2-8H2,1H3,(H,17,18). The monoisotopic (exact) mass is 252 g/mol. The lowest BCUT2D eigenvalue weighted by Gasteiger charge is -2.20. The molecule has 6 nitrogen and oxygen atoms in total. The largest absolute Gasteiger partial charge is 0.481 e. The molecule has 18 heavy (non-hydrogen) atoms. The summed E-state index contributed by atoms with van der Waals surface area (Å²) in [7, 11) is 1.89. The van der Waals surface area contributed by atoms with E-state index >= 15 is 0 Å². The maximum Gasteiger partial charge on any atom is 0.303 e. The number of aromatic nitrogens is 2. The van der Waals surface area contributed by atoms with Crippen LogP contribution in [0.3, 0.4) is 0 Å². The Morgan fingerprint density at radius 2 is 2.22 bits per heavy atom. The highest BCUT2D eigenvalue weighted by Gasteiger charge is 2.20. The zero-order valence-corrected chi connectivity index (χ0v) is 10.7. The van der Waals surface area contributed by atoms with Gasteiger partial charge in [-0.25, -0.2) is 4.68 Å². The first-order chi connectivity index (χ1) is 8.72. The van der Waals surface area contributed by atoms with Crippen LogP contribution in [0.15, 0.2) is 6.20 Å². The van der Waals surface area contributed by atoms with Crippen molar-refractivity contribution in [1.82, 2.24) is 9.78 Å². The van der Waals surface area contributed by atoms with Crippen molar-refractivity contribution in [2.24, 2.45) is 0 Å². The third-order valence-corrected chi connectivity index (χ3v) is 3.25. The van der Waals surface area contributed by atoms with Crippen molar-refractivity contribution in [3.8, 4) is 0 Å². The Morgan fingerprint density at radius 3 is 2.83 bits per heavy atom. The fraction of sp³-hybridized carbons (Fsp3) is 0.667. The van der Waals surface area contributed by atoms with Crippen molar-refractivity contribution in [3.63, 3.8) is 0 Å². The predicted molar refractivity (Wildman–Crippen MR) is 70.1 cm³/mol. The Hall–Kier alpha value is -1.72. The highest BCUT2D eigenvalue weighted by molar-refractivity contribution is 5.67. The van der Waals surface area contributed by atoms with E-state index in [-0.39, 0.29) is 6.42 Å². The summed E-state index contributed by atoms with van der Waals surface area (Å²) in [5.41, 5.74) is 1.02. The Labute approximate surface area is 107 Å². The number of carboxylic acids is 1. The molecular weight excluding hydrogens is 232 g/mol. The van der Waals surface area contributed by atoms with Gasteiger partial charge in [0.1, 0.15) is 0 Å². The first-order valence-electron chi connectivity index (χ1n) is 6.42. The normalized spacial score (nSPS) is 15.1. The number of aliphatic carboxylic acids is 1. The van der Waals surface area contributed by atoms with Crippen molar-refractivity contribution in [1.29, 1.82) is 0 Å². The van der Waals surface area contributed by atoms with Gasteiger partial charge in [-0.1, -0.05) is 0 Å². The van der Waals surface area contributed by atoms with Crippen LogP contribution < -0.4 is 10.2 Å². The van der Waals surface area contributed by atoms with Gasteiger partial charge in [0.25, 0.3) is 0 Å². The van der Waals surface area contributed by atoms with E-state index in [4.69, 9.17) is 5.11 Å². The van der Waals surface area contributed by atoms with Crippen LogP contribution >= 0.6 is 0 Å². The number of carbonyl (C=O) groups is 1. The smallest absolute Gasteiger partial charge is 0.303 e. The number of aryl methyl sites for hydroxylation is 1. The number of nitrogens with one attached hydrogen (secondary N) is 1. The fourth-order valence-corrected chi connectivity index (χ4v) is 2.36. The lowest BCUT2D eigenvalue weighted by molar-refractivity contribution is -0.137. The van der Waals surface area contributed by atoms with Gasteiger partial charge in [0.05, 0.1) is 11.9 Å². The van der Waals surface area contributed by atoms with Gasteiger partial charge >= 0.3 is 5.97 Å². The van der Waals surface area contributed by atoms with Gasteiger partial charge in [-0.3, -0.25) is 4.79 Å². The molecule has 0 radical (unpaired) electrons. The van der Waals surface area contributed by atoms with Gasteiger partial charge in [-0.2, -0.15) is 5.10 Å². The fourth-order valence-electron chi connectivity index (χ4n) is 2.36. The van der Waals surface area contributed by atoms with Crippen LogP contribution in [-0.2, 0) is 11.3 Å². The summed E-state index contributed by atoms with van der Waals surface area (Å²) in [6.45, 7) is 2.76. The zero-order valence-electron chi connectivity index (χ0n) is 10.7. The van der Waals surface area contributed by atoms with E-state index in [1.165, 1.54) is 12.8 Å². The highest BCUT2D eigenvalue weighted by Crippen LogP contribution is 2.28. The molecule has 0 aromatic carbocycles. The highest BCUT2D eigenvalue weighted by atomic mass is 16.4. The van der Waals surface area contributed by atoms with Crippen LogP contribution in [0.1, 0.15) is 25.7 Å². The number of hydrogen-bond donors (Lipinski definition) is 2. The second-order valence-corrected chi connectivity index (χ2v) is 4.55. The maximum absolute atomic E-state index is 10.5. The molecule has 2 rings (SSSR count). The minimum absolute atomic E-state index is 0.189. The minimum atomic E-state index is -0.751. The van der Waals surface area contributed by atoms with Crippen LogP contribution in [-0.4, -0.2) is 41.0 Å². The van der Waals surface area contributed by atoms with Gasteiger partial charge in [-0.05, 0) is 19.3 Å². The average Bonchev–Trinajstić information content (AvgIpc) is 2.95. The van der Waals surface area contributed by atoms with E-state index in [0.29, 0.717) is 13.0 Å². The van der Waals surface area contributed by atoms with Crippen molar-refractivity contribution in [2.45, 2.75) is 32.2 Å². The van der Waals surface area contributed by atoms with E-state index in [2.05, 4.69) is 15.3 Å². The molecule has 1 aromatic rings. The Kier molecular flexibility index (Phi) is 4.07. The van der Waals surface area contributed by atoms with Crippen LogP contribution in [0.5, 0.6) is 0 Å². The molecule has 0 aliphatic carbocycles. The SMILES string of the molecule is CNc1cnn(CCCC(=O)O)c1N1CCCC1. The van der Waals surface area contributed by atoms with E-state index in [9.17, 15) is 4.79 Å². The summed E-state index contributed by atoms with van der Waals surface area (Å²) in [6.07, 6.45) is 5.04. The molecule has 1 aliphatic heterocycles. The summed E-state index contributed by atoms with van der Waals surface area (Å²) in [5, 5.41) is 16.2. The van der Waals surface area contributed by atoms with Gasteiger partial charge in [0.15, 0.2) is 5.82 Å². The van der Waals surface area contributed by atoms with Gasteiger partial charge < -0.3 is 15.3 Å². The van der Waals surface area contributed by atoms with E-state index in [1.807, 2.05) is 17.9 Å². The molecule has 0 amide bonds. The molecule has 1 fully saturated rings. The van der Waals surface area contributed by atoms with Crippen molar-refractivity contribution >= 4 is 17.5 Å². The van der Waals surface area contributed by atoms with Crippen molar-refractivity contribution in [2.75, 3.05) is 30.4 Å². The van der Waals surface area contributed by atoms with Crippen molar-refractivity contribution < 1.29 is 9.90 Å². The second kappa shape index (κ2) is 5.75. The molecule has 2 N–H and O–H groups in total. The van der Waals surface area contributed by atoms with Crippen LogP contribution in [0, 0.1) is 0 Å². The molecule has 0 spiro atoms. The molecule has 0 bridgehead atoms. The summed E-state index contributed by atoms with van der Waals surface area (Å²) in [6, 6.07) is 0. The number of nitrogens with zero attached hydrogens (tertiary/aromatic N) is 3. The maximum atomic E-state index is 10.5. The molecule has 2 heterocycles. The van der Waals surface area contributed by atoms with E-state index < -0.39 is 5.97 Å².